The number of carbonyl (C=O) groups excluding carboxylic acids is 1. The van der Waals surface area contributed by atoms with Gasteiger partial charge in [-0.1, -0.05) is 24.3 Å². The Kier molecular flexibility index (Phi) is 4.49. The summed E-state index contributed by atoms with van der Waals surface area (Å²) in [7, 11) is 1.62. The molecule has 0 atom stereocenters. The van der Waals surface area contributed by atoms with Crippen LogP contribution >= 0.6 is 0 Å². The molecule has 0 saturated carbocycles. The van der Waals surface area contributed by atoms with Gasteiger partial charge >= 0.3 is 0 Å². The molecule has 1 aliphatic rings. The van der Waals surface area contributed by atoms with Crippen molar-refractivity contribution in [2.24, 2.45) is 0 Å². The lowest BCUT2D eigenvalue weighted by Gasteiger charge is -2.28. The lowest BCUT2D eigenvalue weighted by atomic mass is 9.98. The molecule has 2 aromatic carbocycles. The third-order valence-electron chi connectivity index (χ3n) is 4.69. The number of nitrogens with zero attached hydrogens (tertiary/aromatic N) is 1. The Morgan fingerprint density at radius 3 is 2.57 bits per heavy atom. The highest BCUT2D eigenvalue weighted by Gasteiger charge is 2.21. The number of hydrogen-bond donors (Lipinski definition) is 0. The van der Waals surface area contributed by atoms with Crippen molar-refractivity contribution in [1.29, 1.82) is 0 Å². The number of carbonyl (C=O) groups is 1. The van der Waals surface area contributed by atoms with E-state index in [9.17, 15) is 4.79 Å². The fourth-order valence-electron chi connectivity index (χ4n) is 3.15. The molecule has 0 amide bonds. The first-order chi connectivity index (χ1) is 11.1. The van der Waals surface area contributed by atoms with Gasteiger partial charge in [-0.3, -0.25) is 9.69 Å². The van der Waals surface area contributed by atoms with Crippen molar-refractivity contribution < 1.29 is 9.53 Å². The first-order valence-electron chi connectivity index (χ1n) is 8.06. The molecular formula is C20H23NO2. The molecule has 0 saturated heterocycles. The maximum Gasteiger partial charge on any atom is 0.180 e. The summed E-state index contributed by atoms with van der Waals surface area (Å²) in [6.07, 6.45) is 1.01. The van der Waals surface area contributed by atoms with Crippen LogP contribution in [0.25, 0.3) is 0 Å². The summed E-state index contributed by atoms with van der Waals surface area (Å²) >= 11 is 0. The van der Waals surface area contributed by atoms with Gasteiger partial charge in [-0.15, -0.1) is 0 Å². The smallest absolute Gasteiger partial charge is 0.180 e. The number of benzene rings is 2. The summed E-state index contributed by atoms with van der Waals surface area (Å²) in [5.41, 5.74) is 5.69. The monoisotopic (exact) mass is 309 g/mol. The number of ether oxygens (including phenoxy) is 1. The van der Waals surface area contributed by atoms with E-state index in [0.29, 0.717) is 17.9 Å². The van der Waals surface area contributed by atoms with E-state index in [1.54, 1.807) is 7.11 Å². The Morgan fingerprint density at radius 1 is 1.13 bits per heavy atom. The number of fused-ring (bicyclic) bond motifs is 1. The molecule has 0 aliphatic carbocycles. The van der Waals surface area contributed by atoms with E-state index < -0.39 is 0 Å². The van der Waals surface area contributed by atoms with Crippen LogP contribution in [0.3, 0.4) is 0 Å². The van der Waals surface area contributed by atoms with Gasteiger partial charge in [-0.25, -0.2) is 0 Å². The number of Topliss-reactive ketones (excluding diaryl/α,β-unsaturated/α-hetero) is 1. The van der Waals surface area contributed by atoms with Gasteiger partial charge in [0.25, 0.3) is 0 Å². The van der Waals surface area contributed by atoms with Gasteiger partial charge in [0.1, 0.15) is 5.75 Å². The molecule has 0 fully saturated rings. The van der Waals surface area contributed by atoms with E-state index >= 15 is 0 Å². The second kappa shape index (κ2) is 6.55. The molecule has 23 heavy (non-hydrogen) atoms. The topological polar surface area (TPSA) is 29.5 Å². The fourth-order valence-corrected chi connectivity index (χ4v) is 3.15. The minimum absolute atomic E-state index is 0.129. The maximum atomic E-state index is 12.7. The van der Waals surface area contributed by atoms with E-state index in [1.807, 2.05) is 26.0 Å². The largest absolute Gasteiger partial charge is 0.496 e. The summed E-state index contributed by atoms with van der Waals surface area (Å²) in [5, 5.41) is 0. The first kappa shape index (κ1) is 15.8. The van der Waals surface area contributed by atoms with Crippen molar-refractivity contribution in [1.82, 2.24) is 4.90 Å². The van der Waals surface area contributed by atoms with Crippen LogP contribution in [-0.2, 0) is 13.0 Å². The van der Waals surface area contributed by atoms with Crippen molar-refractivity contribution in [3.63, 3.8) is 0 Å². The van der Waals surface area contributed by atoms with Crippen LogP contribution in [0.15, 0.2) is 36.4 Å². The van der Waals surface area contributed by atoms with Crippen molar-refractivity contribution in [3.8, 4) is 5.75 Å². The van der Waals surface area contributed by atoms with Crippen molar-refractivity contribution in [2.45, 2.75) is 26.8 Å². The summed E-state index contributed by atoms with van der Waals surface area (Å²) in [6, 6.07) is 12.4. The molecular weight excluding hydrogens is 286 g/mol. The zero-order chi connectivity index (χ0) is 16.4. The predicted octanol–water partition coefficient (Wildman–Crippen LogP) is 3.55. The Hall–Kier alpha value is -2.13. The van der Waals surface area contributed by atoms with Gasteiger partial charge in [-0.2, -0.15) is 0 Å². The first-order valence-corrected chi connectivity index (χ1v) is 8.06. The predicted molar refractivity (Wildman–Crippen MR) is 92.2 cm³/mol. The third kappa shape index (κ3) is 3.30. The highest BCUT2D eigenvalue weighted by Crippen LogP contribution is 2.25. The van der Waals surface area contributed by atoms with Gasteiger partial charge in [0, 0.05) is 13.1 Å². The molecule has 1 aliphatic heterocycles. The number of rotatable bonds is 4. The SMILES string of the molecule is COc1cc(C)c(C)cc1C(=O)CN1CCc2ccccc2C1. The van der Waals surface area contributed by atoms with Gasteiger partial charge in [-0.05, 0) is 54.7 Å². The molecule has 0 spiro atoms. The lowest BCUT2D eigenvalue weighted by Crippen LogP contribution is -2.35. The molecule has 0 aromatic heterocycles. The Morgan fingerprint density at radius 2 is 1.83 bits per heavy atom. The Balaban J connectivity index is 1.77. The van der Waals surface area contributed by atoms with Crippen LogP contribution < -0.4 is 4.74 Å². The van der Waals surface area contributed by atoms with Gasteiger partial charge in [0.05, 0.1) is 19.2 Å². The van der Waals surface area contributed by atoms with Crippen molar-refractivity contribution >= 4 is 5.78 Å². The van der Waals surface area contributed by atoms with Crippen LogP contribution in [0.5, 0.6) is 5.75 Å². The van der Waals surface area contributed by atoms with Crippen LogP contribution in [0.1, 0.15) is 32.6 Å². The lowest BCUT2D eigenvalue weighted by molar-refractivity contribution is 0.0918. The summed E-state index contributed by atoms with van der Waals surface area (Å²) in [6.45, 7) is 6.27. The third-order valence-corrected chi connectivity index (χ3v) is 4.69. The molecule has 3 heteroatoms. The van der Waals surface area contributed by atoms with E-state index in [1.165, 1.54) is 11.1 Å². The second-order valence-electron chi connectivity index (χ2n) is 6.29. The Labute approximate surface area is 137 Å². The van der Waals surface area contributed by atoms with Crippen molar-refractivity contribution in [3.05, 3.63) is 64.2 Å². The maximum absolute atomic E-state index is 12.7. The summed E-state index contributed by atoms with van der Waals surface area (Å²) in [4.78, 5) is 15.0. The Bertz CT molecular complexity index is 736. The molecule has 0 unspecified atom stereocenters. The quantitative estimate of drug-likeness (QED) is 0.809. The number of ketones is 1. The molecule has 0 bridgehead atoms. The highest BCUT2D eigenvalue weighted by atomic mass is 16.5. The average Bonchev–Trinajstić information content (AvgIpc) is 2.56. The average molecular weight is 309 g/mol. The minimum Gasteiger partial charge on any atom is -0.496 e. The van der Waals surface area contributed by atoms with Crippen LogP contribution in [0, 0.1) is 13.8 Å². The molecule has 2 aromatic rings. The molecule has 1 heterocycles. The zero-order valence-corrected chi connectivity index (χ0v) is 14.1. The fraction of sp³-hybridized carbons (Fsp3) is 0.350. The van der Waals surface area contributed by atoms with Gasteiger partial charge in [0.15, 0.2) is 5.78 Å². The highest BCUT2D eigenvalue weighted by molar-refractivity contribution is 6.00. The van der Waals surface area contributed by atoms with Crippen molar-refractivity contribution in [2.75, 3.05) is 20.2 Å². The molecule has 0 N–H and O–H groups in total. The number of hydrogen-bond acceptors (Lipinski definition) is 3. The zero-order valence-electron chi connectivity index (χ0n) is 14.1. The summed E-state index contributed by atoms with van der Waals surface area (Å²) in [5.74, 6) is 0.805. The normalized spacial score (nSPS) is 14.4. The molecule has 0 radical (unpaired) electrons. The van der Waals surface area contributed by atoms with Crippen LogP contribution in [0.4, 0.5) is 0 Å². The minimum atomic E-state index is 0.129. The number of aryl methyl sites for hydroxylation is 2. The van der Waals surface area contributed by atoms with E-state index in [2.05, 4.69) is 29.2 Å². The van der Waals surface area contributed by atoms with Crippen LogP contribution in [-0.4, -0.2) is 30.9 Å². The van der Waals surface area contributed by atoms with E-state index in [4.69, 9.17) is 4.74 Å². The van der Waals surface area contributed by atoms with E-state index in [-0.39, 0.29) is 5.78 Å². The second-order valence-corrected chi connectivity index (χ2v) is 6.29. The standard InChI is InChI=1S/C20H23NO2/c1-14-10-18(20(23-3)11-15(14)2)19(22)13-21-9-8-16-6-4-5-7-17(16)12-21/h4-7,10-11H,8-9,12-13H2,1-3H3. The van der Waals surface area contributed by atoms with Gasteiger partial charge in [0.2, 0.25) is 0 Å². The molecule has 3 nitrogen and oxygen atoms in total. The summed E-state index contributed by atoms with van der Waals surface area (Å²) < 4.78 is 5.41. The number of methoxy groups -OCH3 is 1. The van der Waals surface area contributed by atoms with Crippen LogP contribution in [0.2, 0.25) is 0 Å². The molecule has 120 valence electrons. The van der Waals surface area contributed by atoms with E-state index in [0.717, 1.165) is 30.6 Å². The molecule has 3 rings (SSSR count). The van der Waals surface area contributed by atoms with Gasteiger partial charge < -0.3 is 4.74 Å².